The highest BCUT2D eigenvalue weighted by Gasteiger charge is 2.26. The molecule has 6 nitrogen and oxygen atoms in total. The van der Waals surface area contributed by atoms with Crippen LogP contribution in [0.5, 0.6) is 0 Å². The first-order chi connectivity index (χ1) is 11.9. The van der Waals surface area contributed by atoms with Gasteiger partial charge in [-0.15, -0.1) is 11.3 Å². The summed E-state index contributed by atoms with van der Waals surface area (Å²) in [6.45, 7) is 3.01. The molecule has 2 aromatic rings. The van der Waals surface area contributed by atoms with Crippen LogP contribution in [0.15, 0.2) is 34.5 Å². The smallest absolute Gasteiger partial charge is 0.243 e. The molecule has 0 radical (unpaired) electrons. The molecule has 1 amide bonds. The summed E-state index contributed by atoms with van der Waals surface area (Å²) >= 11 is 1.50. The Balaban J connectivity index is 1.71. The van der Waals surface area contributed by atoms with Crippen LogP contribution in [0, 0.1) is 6.92 Å². The lowest BCUT2D eigenvalue weighted by atomic mass is 10.2. The zero-order chi connectivity index (χ0) is 17.9. The predicted molar refractivity (Wildman–Crippen MR) is 98.2 cm³/mol. The van der Waals surface area contributed by atoms with E-state index in [1.807, 2.05) is 12.3 Å². The van der Waals surface area contributed by atoms with E-state index in [0.29, 0.717) is 18.8 Å². The average Bonchev–Trinajstić information content (AvgIpc) is 3.00. The Morgan fingerprint density at radius 2 is 2.04 bits per heavy atom. The van der Waals surface area contributed by atoms with Gasteiger partial charge in [-0.1, -0.05) is 12.5 Å². The lowest BCUT2D eigenvalue weighted by Crippen LogP contribution is -2.35. The van der Waals surface area contributed by atoms with Crippen molar-refractivity contribution in [3.8, 4) is 0 Å². The molecule has 0 spiro atoms. The molecule has 1 aromatic carbocycles. The Morgan fingerprint density at radius 1 is 1.28 bits per heavy atom. The second-order valence-corrected chi connectivity index (χ2v) is 9.08. The van der Waals surface area contributed by atoms with Crippen molar-refractivity contribution in [1.82, 2.24) is 9.29 Å². The molecule has 134 valence electrons. The molecule has 3 rings (SSSR count). The Hall–Kier alpha value is -1.77. The highest BCUT2D eigenvalue weighted by Crippen LogP contribution is 2.23. The highest BCUT2D eigenvalue weighted by molar-refractivity contribution is 7.89. The first-order valence-corrected chi connectivity index (χ1v) is 10.6. The van der Waals surface area contributed by atoms with E-state index in [-0.39, 0.29) is 17.2 Å². The fourth-order valence-electron chi connectivity index (χ4n) is 2.85. The van der Waals surface area contributed by atoms with E-state index in [1.54, 1.807) is 18.2 Å². The van der Waals surface area contributed by atoms with Crippen molar-refractivity contribution in [1.29, 1.82) is 0 Å². The Labute approximate surface area is 151 Å². The summed E-state index contributed by atoms with van der Waals surface area (Å²) in [5.41, 5.74) is 1.20. The van der Waals surface area contributed by atoms with E-state index in [0.717, 1.165) is 30.0 Å². The summed E-state index contributed by atoms with van der Waals surface area (Å²) in [5, 5.41) is 5.53. The van der Waals surface area contributed by atoms with Crippen molar-refractivity contribution in [2.45, 2.75) is 37.5 Å². The molecule has 8 heteroatoms. The quantitative estimate of drug-likeness (QED) is 0.866. The molecule has 1 aliphatic rings. The van der Waals surface area contributed by atoms with E-state index in [2.05, 4.69) is 10.3 Å². The number of benzene rings is 1. The number of piperidine rings is 1. The van der Waals surface area contributed by atoms with Crippen molar-refractivity contribution in [2.24, 2.45) is 0 Å². The van der Waals surface area contributed by atoms with E-state index in [9.17, 15) is 13.2 Å². The second-order valence-electron chi connectivity index (χ2n) is 6.08. The number of aryl methyl sites for hydroxylation is 1. The summed E-state index contributed by atoms with van der Waals surface area (Å²) in [6, 6.07) is 6.44. The third kappa shape index (κ3) is 4.45. The molecule has 1 N–H and O–H groups in total. The third-order valence-corrected chi connectivity index (χ3v) is 6.80. The van der Waals surface area contributed by atoms with Crippen molar-refractivity contribution in [3.63, 3.8) is 0 Å². The topological polar surface area (TPSA) is 79.4 Å². The molecule has 1 fully saturated rings. The van der Waals surface area contributed by atoms with Crippen LogP contribution in [0.2, 0.25) is 0 Å². The van der Waals surface area contributed by atoms with Crippen molar-refractivity contribution >= 4 is 33.0 Å². The second kappa shape index (κ2) is 7.63. The summed E-state index contributed by atoms with van der Waals surface area (Å²) in [5.74, 6) is -0.210. The highest BCUT2D eigenvalue weighted by atomic mass is 32.2. The number of hydrogen-bond acceptors (Lipinski definition) is 5. The normalized spacial score (nSPS) is 15.9. The van der Waals surface area contributed by atoms with Crippen molar-refractivity contribution < 1.29 is 13.2 Å². The number of sulfonamides is 1. The minimum Gasteiger partial charge on any atom is -0.326 e. The molecule has 0 aliphatic carbocycles. The molecular formula is C17H21N3O3S2. The maximum Gasteiger partial charge on any atom is 0.243 e. The molecule has 25 heavy (non-hydrogen) atoms. The van der Waals surface area contributed by atoms with Crippen LogP contribution >= 0.6 is 11.3 Å². The maximum atomic E-state index is 12.7. The van der Waals surface area contributed by atoms with E-state index >= 15 is 0 Å². The number of hydrogen-bond donors (Lipinski definition) is 1. The van der Waals surface area contributed by atoms with Gasteiger partial charge in [0.05, 0.1) is 22.0 Å². The first-order valence-electron chi connectivity index (χ1n) is 8.26. The van der Waals surface area contributed by atoms with E-state index in [1.165, 1.54) is 21.7 Å². The maximum absolute atomic E-state index is 12.7. The van der Waals surface area contributed by atoms with Gasteiger partial charge in [0.1, 0.15) is 0 Å². The summed E-state index contributed by atoms with van der Waals surface area (Å²) in [7, 11) is -3.50. The van der Waals surface area contributed by atoms with Crippen molar-refractivity contribution in [2.75, 3.05) is 18.4 Å². The van der Waals surface area contributed by atoms with Crippen LogP contribution in [-0.2, 0) is 21.2 Å². The van der Waals surface area contributed by atoms with Crippen LogP contribution in [0.1, 0.15) is 30.0 Å². The molecule has 0 unspecified atom stereocenters. The Bertz CT molecular complexity index is 856. The van der Waals surface area contributed by atoms with Gasteiger partial charge >= 0.3 is 0 Å². The van der Waals surface area contributed by atoms with E-state index in [4.69, 9.17) is 0 Å². The number of thiazole rings is 1. The van der Waals surface area contributed by atoms with Gasteiger partial charge in [-0.3, -0.25) is 4.79 Å². The van der Waals surface area contributed by atoms with Crippen LogP contribution in [0.25, 0.3) is 0 Å². The number of rotatable bonds is 5. The zero-order valence-corrected chi connectivity index (χ0v) is 15.7. The molecule has 0 saturated carbocycles. The number of aromatic nitrogens is 1. The minimum absolute atomic E-state index is 0.174. The fraction of sp³-hybridized carbons (Fsp3) is 0.412. The van der Waals surface area contributed by atoms with Gasteiger partial charge in [-0.2, -0.15) is 4.31 Å². The summed E-state index contributed by atoms with van der Waals surface area (Å²) < 4.78 is 27.0. The molecule has 1 aliphatic heterocycles. The standard InChI is InChI=1S/C17H21N3O3S2/c1-13-18-15(12-24-13)11-17(21)19-14-6-5-7-16(10-14)25(22,23)20-8-3-2-4-9-20/h5-7,10,12H,2-4,8-9,11H2,1H3,(H,19,21). The SMILES string of the molecule is Cc1nc(CC(=O)Nc2cccc(S(=O)(=O)N3CCCCC3)c2)cs1. The van der Waals surface area contributed by atoms with Gasteiger partial charge in [0.15, 0.2) is 0 Å². The van der Waals surface area contributed by atoms with Crippen LogP contribution < -0.4 is 5.32 Å². The summed E-state index contributed by atoms with van der Waals surface area (Å²) in [6.07, 6.45) is 3.02. The molecule has 2 heterocycles. The number of amides is 1. The number of nitrogens with zero attached hydrogens (tertiary/aromatic N) is 2. The number of anilines is 1. The monoisotopic (exact) mass is 379 g/mol. The zero-order valence-electron chi connectivity index (χ0n) is 14.1. The molecule has 1 saturated heterocycles. The Morgan fingerprint density at radius 3 is 2.72 bits per heavy atom. The molecule has 0 bridgehead atoms. The van der Waals surface area contributed by atoms with Crippen LogP contribution in [0.4, 0.5) is 5.69 Å². The predicted octanol–water partition coefficient (Wildman–Crippen LogP) is 2.81. The number of carbonyl (C=O) groups is 1. The van der Waals surface area contributed by atoms with Gasteiger partial charge < -0.3 is 5.32 Å². The van der Waals surface area contributed by atoms with Crippen molar-refractivity contribution in [3.05, 3.63) is 40.3 Å². The molecule has 1 aromatic heterocycles. The summed E-state index contributed by atoms with van der Waals surface area (Å²) in [4.78, 5) is 16.6. The number of carbonyl (C=O) groups excluding carboxylic acids is 1. The number of nitrogens with one attached hydrogen (secondary N) is 1. The lowest BCUT2D eigenvalue weighted by Gasteiger charge is -2.26. The van der Waals surface area contributed by atoms with Gasteiger partial charge in [0.2, 0.25) is 15.9 Å². The largest absolute Gasteiger partial charge is 0.326 e. The van der Waals surface area contributed by atoms with Gasteiger partial charge in [0.25, 0.3) is 0 Å². The van der Waals surface area contributed by atoms with Gasteiger partial charge in [0, 0.05) is 24.2 Å². The third-order valence-electron chi connectivity index (χ3n) is 4.08. The van der Waals surface area contributed by atoms with Gasteiger partial charge in [-0.05, 0) is 38.0 Å². The lowest BCUT2D eigenvalue weighted by molar-refractivity contribution is -0.115. The fourth-order valence-corrected chi connectivity index (χ4v) is 5.02. The van der Waals surface area contributed by atoms with Crippen LogP contribution in [-0.4, -0.2) is 36.7 Å². The molecular weight excluding hydrogens is 358 g/mol. The van der Waals surface area contributed by atoms with Crippen LogP contribution in [0.3, 0.4) is 0 Å². The van der Waals surface area contributed by atoms with Gasteiger partial charge in [-0.25, -0.2) is 13.4 Å². The first kappa shape index (κ1) is 18.0. The Kier molecular flexibility index (Phi) is 5.51. The minimum atomic E-state index is -3.50. The average molecular weight is 380 g/mol. The van der Waals surface area contributed by atoms with E-state index < -0.39 is 10.0 Å². The molecule has 0 atom stereocenters.